The molecule has 14 heavy (non-hydrogen) atoms. The third kappa shape index (κ3) is 2.03. The van der Waals surface area contributed by atoms with Gasteiger partial charge in [0.25, 0.3) is 0 Å². The van der Waals surface area contributed by atoms with Gasteiger partial charge in [0.2, 0.25) is 0 Å². The van der Waals surface area contributed by atoms with Gasteiger partial charge < -0.3 is 9.80 Å². The first-order chi connectivity index (χ1) is 6.14. The lowest BCUT2D eigenvalue weighted by Crippen LogP contribution is -2.57. The lowest BCUT2D eigenvalue weighted by molar-refractivity contribution is 0.0364. The van der Waals surface area contributed by atoms with Gasteiger partial charge in [-0.15, -0.1) is 0 Å². The Labute approximate surface area is 87.6 Å². The fraction of sp³-hybridized carbons (Fsp3) is 0.818. The van der Waals surface area contributed by atoms with E-state index in [1.807, 2.05) is 0 Å². The van der Waals surface area contributed by atoms with E-state index in [0.717, 1.165) is 0 Å². The molecule has 0 aromatic carbocycles. The van der Waals surface area contributed by atoms with Crippen LogP contribution in [0.15, 0.2) is 12.4 Å². The predicted molar refractivity (Wildman–Crippen MR) is 60.3 cm³/mol. The number of nitrogens with zero attached hydrogens (tertiary/aromatic N) is 2. The summed E-state index contributed by atoms with van der Waals surface area (Å²) in [6, 6.07) is 0. The Bertz CT molecular complexity index is 208. The van der Waals surface area contributed by atoms with Gasteiger partial charge >= 0.3 is 0 Å². The van der Waals surface area contributed by atoms with Crippen LogP contribution in [0.25, 0.3) is 0 Å². The Morgan fingerprint density at radius 3 is 1.29 bits per heavy atom. The van der Waals surface area contributed by atoms with Crippen LogP contribution >= 0.6 is 0 Å². The Kier molecular flexibility index (Phi) is 2.57. The molecular weight excluding hydrogens is 174 g/mol. The summed E-state index contributed by atoms with van der Waals surface area (Å²) < 4.78 is 0. The van der Waals surface area contributed by atoms with Gasteiger partial charge in [-0.05, 0) is 41.5 Å². The summed E-state index contributed by atoms with van der Waals surface area (Å²) in [6.45, 7) is 13.0. The van der Waals surface area contributed by atoms with E-state index in [2.05, 4.69) is 63.7 Å². The van der Waals surface area contributed by atoms with E-state index in [1.54, 1.807) is 0 Å². The van der Waals surface area contributed by atoms with E-state index in [1.165, 1.54) is 0 Å². The van der Waals surface area contributed by atoms with Crippen molar-refractivity contribution < 1.29 is 0 Å². The first-order valence-corrected chi connectivity index (χ1v) is 5.15. The van der Waals surface area contributed by atoms with Crippen LogP contribution in [0.2, 0.25) is 0 Å². The van der Waals surface area contributed by atoms with Crippen molar-refractivity contribution in [3.8, 4) is 0 Å². The van der Waals surface area contributed by atoms with Gasteiger partial charge in [0.05, 0.1) is 0 Å². The topological polar surface area (TPSA) is 32.5 Å². The van der Waals surface area contributed by atoms with Gasteiger partial charge in [0.1, 0.15) is 0 Å². The smallest absolute Gasteiger partial charge is 0.155 e. The molecule has 3 heteroatoms. The number of nitrogens with two attached hydrogens (primary N) is 1. The zero-order valence-corrected chi connectivity index (χ0v) is 10.2. The second-order valence-electron chi connectivity index (χ2n) is 5.87. The predicted octanol–water partition coefficient (Wildman–Crippen LogP) is 1.91. The second kappa shape index (κ2) is 3.16. The van der Waals surface area contributed by atoms with E-state index in [-0.39, 0.29) is 17.4 Å². The summed E-state index contributed by atoms with van der Waals surface area (Å²) in [5, 5.41) is 0. The SMILES string of the molecule is CC(C)(C)N1C=CN(C(C)(C)C)C1N. The molecule has 1 aliphatic heterocycles. The van der Waals surface area contributed by atoms with Gasteiger partial charge in [-0.1, -0.05) is 0 Å². The first kappa shape index (κ1) is 11.4. The van der Waals surface area contributed by atoms with Crippen molar-refractivity contribution in [3.63, 3.8) is 0 Å². The molecule has 0 amide bonds. The monoisotopic (exact) mass is 197 g/mol. The molecule has 1 rings (SSSR count). The number of rotatable bonds is 0. The fourth-order valence-corrected chi connectivity index (χ4v) is 1.69. The normalized spacial score (nSPS) is 19.6. The van der Waals surface area contributed by atoms with Crippen LogP contribution in [0.3, 0.4) is 0 Å². The molecule has 1 heterocycles. The largest absolute Gasteiger partial charge is 0.339 e. The van der Waals surface area contributed by atoms with Crippen molar-refractivity contribution >= 4 is 0 Å². The highest BCUT2D eigenvalue weighted by molar-refractivity contribution is 5.03. The number of hydrogen-bond donors (Lipinski definition) is 1. The van der Waals surface area contributed by atoms with E-state index in [9.17, 15) is 0 Å². The first-order valence-electron chi connectivity index (χ1n) is 5.15. The van der Waals surface area contributed by atoms with Crippen LogP contribution in [-0.4, -0.2) is 27.2 Å². The van der Waals surface area contributed by atoms with Crippen molar-refractivity contribution in [1.29, 1.82) is 0 Å². The average molecular weight is 197 g/mol. The minimum absolute atomic E-state index is 0.0463. The molecule has 0 aromatic heterocycles. The molecule has 0 aliphatic carbocycles. The van der Waals surface area contributed by atoms with E-state index in [4.69, 9.17) is 5.73 Å². The molecule has 82 valence electrons. The lowest BCUT2D eigenvalue weighted by atomic mass is 10.1. The highest BCUT2D eigenvalue weighted by Gasteiger charge is 2.35. The van der Waals surface area contributed by atoms with Crippen LogP contribution < -0.4 is 5.73 Å². The molecule has 1 aliphatic rings. The maximum Gasteiger partial charge on any atom is 0.155 e. The third-order valence-electron chi connectivity index (χ3n) is 2.51. The molecular formula is C11H23N3. The zero-order valence-electron chi connectivity index (χ0n) is 10.2. The molecule has 0 saturated heterocycles. The molecule has 0 fully saturated rings. The molecule has 0 radical (unpaired) electrons. The van der Waals surface area contributed by atoms with Crippen molar-refractivity contribution in [3.05, 3.63) is 12.4 Å². The van der Waals surface area contributed by atoms with Crippen molar-refractivity contribution in [2.45, 2.75) is 58.9 Å². The molecule has 0 unspecified atom stereocenters. The summed E-state index contributed by atoms with van der Waals surface area (Å²) in [5.74, 6) is 0. The van der Waals surface area contributed by atoms with Gasteiger partial charge in [-0.3, -0.25) is 5.73 Å². The van der Waals surface area contributed by atoms with Crippen molar-refractivity contribution in [2.24, 2.45) is 5.73 Å². The van der Waals surface area contributed by atoms with Crippen LogP contribution in [-0.2, 0) is 0 Å². The molecule has 0 bridgehead atoms. The summed E-state index contributed by atoms with van der Waals surface area (Å²) in [4.78, 5) is 4.36. The van der Waals surface area contributed by atoms with Crippen LogP contribution in [0, 0.1) is 0 Å². The summed E-state index contributed by atoms with van der Waals surface area (Å²) in [6.07, 6.45) is 4.11. The minimum atomic E-state index is -0.0463. The Hall–Kier alpha value is -0.700. The molecule has 0 spiro atoms. The van der Waals surface area contributed by atoms with Crippen LogP contribution in [0.4, 0.5) is 0 Å². The van der Waals surface area contributed by atoms with E-state index >= 15 is 0 Å². The Morgan fingerprint density at radius 1 is 0.857 bits per heavy atom. The van der Waals surface area contributed by atoms with E-state index in [0.29, 0.717) is 0 Å². The quantitative estimate of drug-likeness (QED) is 0.644. The highest BCUT2D eigenvalue weighted by atomic mass is 15.5. The van der Waals surface area contributed by atoms with Gasteiger partial charge in [0.15, 0.2) is 6.29 Å². The van der Waals surface area contributed by atoms with Gasteiger partial charge in [-0.25, -0.2) is 0 Å². The standard InChI is InChI=1S/C11H23N3/c1-10(2,3)13-7-8-14(9(13)12)11(4,5)6/h7-9H,12H2,1-6H3. The summed E-state index contributed by atoms with van der Waals surface area (Å²) >= 11 is 0. The molecule has 0 aromatic rings. The molecule has 0 atom stereocenters. The van der Waals surface area contributed by atoms with Crippen molar-refractivity contribution in [1.82, 2.24) is 9.80 Å². The molecule has 2 N–H and O–H groups in total. The molecule has 0 saturated carbocycles. The lowest BCUT2D eigenvalue weighted by Gasteiger charge is -2.43. The average Bonchev–Trinajstić information content (AvgIpc) is 2.26. The zero-order chi connectivity index (χ0) is 11.1. The number of hydrogen-bond acceptors (Lipinski definition) is 3. The van der Waals surface area contributed by atoms with Crippen molar-refractivity contribution in [2.75, 3.05) is 0 Å². The Balaban J connectivity index is 2.81. The summed E-state index contributed by atoms with van der Waals surface area (Å²) in [7, 11) is 0. The van der Waals surface area contributed by atoms with Gasteiger partial charge in [-0.2, -0.15) is 0 Å². The third-order valence-corrected chi connectivity index (χ3v) is 2.51. The highest BCUT2D eigenvalue weighted by Crippen LogP contribution is 2.27. The van der Waals surface area contributed by atoms with Gasteiger partial charge in [0, 0.05) is 23.5 Å². The maximum absolute atomic E-state index is 6.18. The van der Waals surface area contributed by atoms with Crippen LogP contribution in [0.5, 0.6) is 0 Å². The molecule has 3 nitrogen and oxygen atoms in total. The minimum Gasteiger partial charge on any atom is -0.339 e. The Morgan fingerprint density at radius 2 is 1.14 bits per heavy atom. The van der Waals surface area contributed by atoms with Crippen LogP contribution in [0.1, 0.15) is 41.5 Å². The maximum atomic E-state index is 6.18. The summed E-state index contributed by atoms with van der Waals surface area (Å²) in [5.41, 5.74) is 6.34. The second-order valence-corrected chi connectivity index (χ2v) is 5.87. The van der Waals surface area contributed by atoms with E-state index < -0.39 is 0 Å². The fourth-order valence-electron chi connectivity index (χ4n) is 1.69.